The number of hydrogen-bond donors (Lipinski definition) is 0. The minimum atomic E-state index is 0. The van der Waals surface area contributed by atoms with E-state index < -0.39 is 0 Å². The molecule has 1 atom stereocenters. The van der Waals surface area contributed by atoms with E-state index >= 15 is 0 Å². The predicted octanol–water partition coefficient (Wildman–Crippen LogP) is 3.34. The number of carbonyl (C=O) groups excluding carboxylic acids is 1. The van der Waals surface area contributed by atoms with Gasteiger partial charge in [-0.25, -0.2) is 0 Å². The Hall–Kier alpha value is -1.12. The van der Waals surface area contributed by atoms with Gasteiger partial charge in [-0.05, 0) is 51.1 Å². The van der Waals surface area contributed by atoms with Crippen molar-refractivity contribution in [2.45, 2.75) is 19.8 Å². The van der Waals surface area contributed by atoms with Gasteiger partial charge in [-0.1, -0.05) is 29.8 Å². The molecule has 3 heteroatoms. The summed E-state index contributed by atoms with van der Waals surface area (Å²) in [5.41, 5.74) is 3.38. The van der Waals surface area contributed by atoms with Crippen LogP contribution in [0.5, 0.6) is 0 Å². The van der Waals surface area contributed by atoms with Crippen LogP contribution in [-0.4, -0.2) is 31.3 Å². The summed E-state index contributed by atoms with van der Waals surface area (Å²) in [4.78, 5) is 14.3. The van der Waals surface area contributed by atoms with Crippen LogP contribution in [0.3, 0.4) is 0 Å². The zero-order chi connectivity index (χ0) is 13.1. The van der Waals surface area contributed by atoms with E-state index in [0.717, 1.165) is 30.5 Å². The molecule has 1 unspecified atom stereocenters. The number of halogens is 1. The minimum absolute atomic E-state index is 0. The highest BCUT2D eigenvalue weighted by atomic mass is 35.5. The van der Waals surface area contributed by atoms with Gasteiger partial charge in [0.05, 0.1) is 0 Å². The summed E-state index contributed by atoms with van der Waals surface area (Å²) in [7, 11) is 4.05. The fourth-order valence-electron chi connectivity index (χ4n) is 2.47. The van der Waals surface area contributed by atoms with Gasteiger partial charge in [-0.15, -0.1) is 12.4 Å². The van der Waals surface area contributed by atoms with Gasteiger partial charge in [-0.2, -0.15) is 0 Å². The van der Waals surface area contributed by atoms with Gasteiger partial charge in [-0.3, -0.25) is 4.79 Å². The van der Waals surface area contributed by atoms with Crippen LogP contribution in [0.2, 0.25) is 0 Å². The van der Waals surface area contributed by atoms with Gasteiger partial charge in [0.25, 0.3) is 0 Å². The first-order valence-electron chi connectivity index (χ1n) is 6.52. The standard InChI is InChI=1S/C16H21NO.ClH/c1-12-4-6-13(7-5-12)10-14-8-9-15(16(14)18)11-17(2)3;/h4-7,10,15H,8-9,11H2,1-3H3;1H/b14-10+;. The highest BCUT2D eigenvalue weighted by Crippen LogP contribution is 2.28. The Morgan fingerprint density at radius 3 is 2.47 bits per heavy atom. The first-order valence-corrected chi connectivity index (χ1v) is 6.52. The van der Waals surface area contributed by atoms with Crippen LogP contribution in [0.1, 0.15) is 24.0 Å². The molecule has 0 spiro atoms. The molecule has 1 aliphatic carbocycles. The van der Waals surface area contributed by atoms with Crippen molar-refractivity contribution >= 4 is 24.3 Å². The minimum Gasteiger partial charge on any atom is -0.309 e. The molecular weight excluding hydrogens is 258 g/mol. The van der Waals surface area contributed by atoms with Gasteiger partial charge >= 0.3 is 0 Å². The third-order valence-corrected chi connectivity index (χ3v) is 3.45. The summed E-state index contributed by atoms with van der Waals surface area (Å²) in [6.45, 7) is 2.94. The number of aryl methyl sites for hydroxylation is 1. The molecule has 19 heavy (non-hydrogen) atoms. The van der Waals surface area contributed by atoms with E-state index in [-0.39, 0.29) is 18.3 Å². The summed E-state index contributed by atoms with van der Waals surface area (Å²) in [5, 5.41) is 0. The van der Waals surface area contributed by atoms with Crippen LogP contribution in [0.25, 0.3) is 6.08 Å². The van der Waals surface area contributed by atoms with Crippen molar-refractivity contribution in [2.75, 3.05) is 20.6 Å². The van der Waals surface area contributed by atoms with Gasteiger partial charge in [0.2, 0.25) is 0 Å². The highest BCUT2D eigenvalue weighted by molar-refractivity contribution is 6.03. The molecule has 2 nitrogen and oxygen atoms in total. The van der Waals surface area contributed by atoms with Gasteiger partial charge < -0.3 is 4.90 Å². The first-order chi connectivity index (χ1) is 8.56. The van der Waals surface area contributed by atoms with Crippen LogP contribution in [0, 0.1) is 12.8 Å². The summed E-state index contributed by atoms with van der Waals surface area (Å²) >= 11 is 0. The molecule has 0 heterocycles. The van der Waals surface area contributed by atoms with Crippen molar-refractivity contribution in [3.63, 3.8) is 0 Å². The summed E-state index contributed by atoms with van der Waals surface area (Å²) in [6, 6.07) is 8.33. The molecule has 1 aromatic carbocycles. The van der Waals surface area contributed by atoms with Crippen molar-refractivity contribution in [1.29, 1.82) is 0 Å². The van der Waals surface area contributed by atoms with E-state index in [9.17, 15) is 4.79 Å². The number of allylic oxidation sites excluding steroid dienone is 1. The maximum atomic E-state index is 12.2. The summed E-state index contributed by atoms with van der Waals surface area (Å²) < 4.78 is 0. The van der Waals surface area contributed by atoms with Gasteiger partial charge in [0, 0.05) is 12.5 Å². The number of carbonyl (C=O) groups is 1. The van der Waals surface area contributed by atoms with E-state index in [4.69, 9.17) is 0 Å². The van der Waals surface area contributed by atoms with E-state index in [0.29, 0.717) is 5.78 Å². The Morgan fingerprint density at radius 2 is 1.89 bits per heavy atom. The molecule has 0 radical (unpaired) electrons. The lowest BCUT2D eigenvalue weighted by molar-refractivity contribution is -0.118. The maximum absolute atomic E-state index is 12.2. The molecule has 1 aliphatic rings. The zero-order valence-electron chi connectivity index (χ0n) is 11.8. The lowest BCUT2D eigenvalue weighted by atomic mass is 10.0. The van der Waals surface area contributed by atoms with Crippen LogP contribution < -0.4 is 0 Å². The molecule has 0 aromatic heterocycles. The molecule has 0 saturated heterocycles. The number of benzene rings is 1. The quantitative estimate of drug-likeness (QED) is 0.791. The third-order valence-electron chi connectivity index (χ3n) is 3.45. The summed E-state index contributed by atoms with van der Waals surface area (Å²) in [5.74, 6) is 0.529. The fourth-order valence-corrected chi connectivity index (χ4v) is 2.47. The first kappa shape index (κ1) is 15.9. The molecule has 0 amide bonds. The van der Waals surface area contributed by atoms with Crippen LogP contribution in [-0.2, 0) is 4.79 Å². The highest BCUT2D eigenvalue weighted by Gasteiger charge is 2.29. The second-order valence-corrected chi connectivity index (χ2v) is 5.44. The average molecular weight is 280 g/mol. The molecule has 0 aliphatic heterocycles. The lowest BCUT2D eigenvalue weighted by Gasteiger charge is -2.13. The molecule has 1 saturated carbocycles. The second kappa shape index (κ2) is 6.88. The molecule has 0 N–H and O–H groups in total. The van der Waals surface area contributed by atoms with Crippen LogP contribution >= 0.6 is 12.4 Å². The molecule has 1 aromatic rings. The summed E-state index contributed by atoms with van der Waals surface area (Å²) in [6.07, 6.45) is 3.97. The molecule has 2 rings (SSSR count). The number of Topliss-reactive ketones (excluding diaryl/α,β-unsaturated/α-hetero) is 1. The number of hydrogen-bond acceptors (Lipinski definition) is 2. The number of nitrogens with zero attached hydrogens (tertiary/aromatic N) is 1. The monoisotopic (exact) mass is 279 g/mol. The Labute approximate surface area is 121 Å². The zero-order valence-corrected chi connectivity index (χ0v) is 12.7. The van der Waals surface area contributed by atoms with Crippen LogP contribution in [0.4, 0.5) is 0 Å². The SMILES string of the molecule is Cc1ccc(/C=C2\CCC(CN(C)C)C2=O)cc1.Cl. The van der Waals surface area contributed by atoms with E-state index in [1.807, 2.05) is 14.1 Å². The predicted molar refractivity (Wildman–Crippen MR) is 82.7 cm³/mol. The van der Waals surface area contributed by atoms with Crippen molar-refractivity contribution in [1.82, 2.24) is 4.90 Å². The van der Waals surface area contributed by atoms with Crippen molar-refractivity contribution in [2.24, 2.45) is 5.92 Å². The molecular formula is C16H22ClNO. The van der Waals surface area contributed by atoms with Crippen molar-refractivity contribution in [3.05, 3.63) is 41.0 Å². The molecule has 104 valence electrons. The van der Waals surface area contributed by atoms with Crippen LogP contribution in [0.15, 0.2) is 29.8 Å². The van der Waals surface area contributed by atoms with E-state index in [1.54, 1.807) is 0 Å². The van der Waals surface area contributed by atoms with Crippen molar-refractivity contribution < 1.29 is 4.79 Å². The molecule has 0 bridgehead atoms. The number of rotatable bonds is 3. The normalized spacial score (nSPS) is 20.9. The Balaban J connectivity index is 0.00000180. The topological polar surface area (TPSA) is 20.3 Å². The lowest BCUT2D eigenvalue weighted by Crippen LogP contribution is -2.24. The number of ketones is 1. The maximum Gasteiger partial charge on any atom is 0.163 e. The van der Waals surface area contributed by atoms with Gasteiger partial charge in [0.1, 0.15) is 0 Å². The largest absolute Gasteiger partial charge is 0.309 e. The van der Waals surface area contributed by atoms with Crippen molar-refractivity contribution in [3.8, 4) is 0 Å². The van der Waals surface area contributed by atoms with Gasteiger partial charge in [0.15, 0.2) is 5.78 Å². The second-order valence-electron chi connectivity index (χ2n) is 5.44. The van der Waals surface area contributed by atoms with E-state index in [2.05, 4.69) is 42.2 Å². The fraction of sp³-hybridized carbons (Fsp3) is 0.438. The Kier molecular flexibility index (Phi) is 5.77. The molecule has 1 fully saturated rings. The average Bonchev–Trinajstić information content (AvgIpc) is 2.64. The Bertz CT molecular complexity index is 462. The smallest absolute Gasteiger partial charge is 0.163 e. The third kappa shape index (κ3) is 4.19. The Morgan fingerprint density at radius 1 is 1.26 bits per heavy atom. The van der Waals surface area contributed by atoms with E-state index in [1.165, 1.54) is 5.56 Å².